The first-order valence-corrected chi connectivity index (χ1v) is 4.70. The van der Waals surface area contributed by atoms with Crippen molar-refractivity contribution in [2.75, 3.05) is 6.61 Å². The van der Waals surface area contributed by atoms with Gasteiger partial charge in [0.25, 0.3) is 0 Å². The first kappa shape index (κ1) is 10.7. The molecule has 76 valence electrons. The van der Waals surface area contributed by atoms with Gasteiger partial charge in [-0.3, -0.25) is 9.78 Å². The van der Waals surface area contributed by atoms with Crippen molar-refractivity contribution >= 4 is 5.97 Å². The molecule has 1 unspecified atom stereocenters. The first-order valence-electron chi connectivity index (χ1n) is 4.70. The van der Waals surface area contributed by atoms with Crippen molar-refractivity contribution in [3.05, 3.63) is 30.1 Å². The summed E-state index contributed by atoms with van der Waals surface area (Å²) in [6.07, 6.45) is 4.48. The maximum atomic E-state index is 10.6. The number of hydrogen-bond acceptors (Lipinski definition) is 3. The molecular weight excluding hydrogens is 178 g/mol. The second-order valence-corrected chi connectivity index (χ2v) is 3.47. The summed E-state index contributed by atoms with van der Waals surface area (Å²) in [4.78, 5) is 14.6. The Morgan fingerprint density at radius 1 is 1.64 bits per heavy atom. The number of hydrogen-bond donors (Lipinski definition) is 0. The highest BCUT2D eigenvalue weighted by Crippen LogP contribution is 2.07. The second kappa shape index (κ2) is 5.37. The van der Waals surface area contributed by atoms with Crippen LogP contribution in [-0.4, -0.2) is 17.6 Å². The van der Waals surface area contributed by atoms with Crippen LogP contribution < -0.4 is 0 Å². The zero-order valence-electron chi connectivity index (χ0n) is 8.56. The van der Waals surface area contributed by atoms with Crippen LogP contribution >= 0.6 is 0 Å². The minimum Gasteiger partial charge on any atom is -0.466 e. The Morgan fingerprint density at radius 2 is 2.43 bits per heavy atom. The molecule has 1 aromatic heterocycles. The smallest absolute Gasteiger partial charge is 0.302 e. The largest absolute Gasteiger partial charge is 0.466 e. The highest BCUT2D eigenvalue weighted by Gasteiger charge is 2.05. The summed E-state index contributed by atoms with van der Waals surface area (Å²) in [5.41, 5.74) is 1.17. The molecule has 1 rings (SSSR count). The zero-order chi connectivity index (χ0) is 10.4. The van der Waals surface area contributed by atoms with Gasteiger partial charge in [-0.2, -0.15) is 0 Å². The molecule has 1 aromatic rings. The molecule has 14 heavy (non-hydrogen) atoms. The second-order valence-electron chi connectivity index (χ2n) is 3.47. The number of carbonyl (C=O) groups excluding carboxylic acids is 1. The van der Waals surface area contributed by atoms with Crippen LogP contribution in [0.2, 0.25) is 0 Å². The van der Waals surface area contributed by atoms with Gasteiger partial charge < -0.3 is 4.74 Å². The molecule has 0 fully saturated rings. The zero-order valence-corrected chi connectivity index (χ0v) is 8.56. The molecule has 0 aromatic carbocycles. The van der Waals surface area contributed by atoms with E-state index >= 15 is 0 Å². The van der Waals surface area contributed by atoms with Gasteiger partial charge in [0.1, 0.15) is 0 Å². The average Bonchev–Trinajstić information content (AvgIpc) is 2.16. The Bertz CT molecular complexity index is 285. The molecule has 0 saturated carbocycles. The van der Waals surface area contributed by atoms with Crippen molar-refractivity contribution in [1.82, 2.24) is 4.98 Å². The molecule has 0 amide bonds. The number of nitrogens with zero attached hydrogens (tertiary/aromatic N) is 1. The minimum atomic E-state index is -0.219. The fourth-order valence-corrected chi connectivity index (χ4v) is 1.24. The molecule has 0 aliphatic rings. The van der Waals surface area contributed by atoms with Crippen molar-refractivity contribution in [3.8, 4) is 0 Å². The van der Waals surface area contributed by atoms with E-state index in [1.54, 1.807) is 6.20 Å². The molecule has 1 atom stereocenters. The van der Waals surface area contributed by atoms with Gasteiger partial charge in [-0.05, 0) is 24.0 Å². The molecule has 0 bridgehead atoms. The van der Waals surface area contributed by atoms with Crippen LogP contribution in [0.5, 0.6) is 0 Å². The van der Waals surface area contributed by atoms with E-state index in [0.717, 1.165) is 6.42 Å². The SMILES string of the molecule is CC(=O)OCC(C)Cc1cccnc1. The number of ether oxygens (including phenoxy) is 1. The number of rotatable bonds is 4. The summed E-state index contributed by atoms with van der Waals surface area (Å²) in [6.45, 7) is 3.96. The summed E-state index contributed by atoms with van der Waals surface area (Å²) in [6, 6.07) is 3.94. The van der Waals surface area contributed by atoms with Crippen LogP contribution in [0.4, 0.5) is 0 Å². The molecule has 0 radical (unpaired) electrons. The van der Waals surface area contributed by atoms with E-state index in [1.165, 1.54) is 12.5 Å². The molecule has 3 nitrogen and oxygen atoms in total. The number of pyridine rings is 1. The van der Waals surface area contributed by atoms with Gasteiger partial charge in [-0.25, -0.2) is 0 Å². The third-order valence-corrected chi connectivity index (χ3v) is 1.88. The van der Waals surface area contributed by atoms with E-state index in [9.17, 15) is 4.79 Å². The average molecular weight is 193 g/mol. The molecule has 0 spiro atoms. The fraction of sp³-hybridized carbons (Fsp3) is 0.455. The Morgan fingerprint density at radius 3 is 3.00 bits per heavy atom. The molecule has 0 N–H and O–H groups in total. The van der Waals surface area contributed by atoms with Crippen molar-refractivity contribution < 1.29 is 9.53 Å². The van der Waals surface area contributed by atoms with Crippen molar-refractivity contribution in [2.24, 2.45) is 5.92 Å². The van der Waals surface area contributed by atoms with Crippen LogP contribution in [0, 0.1) is 5.92 Å². The number of esters is 1. The standard InChI is InChI=1S/C11H15NO2/c1-9(8-14-10(2)13)6-11-4-3-5-12-7-11/h3-5,7,9H,6,8H2,1-2H3. The molecule has 0 aliphatic carbocycles. The summed E-state index contributed by atoms with van der Waals surface area (Å²) in [7, 11) is 0. The summed E-state index contributed by atoms with van der Waals surface area (Å²) < 4.78 is 4.92. The molecule has 0 aliphatic heterocycles. The topological polar surface area (TPSA) is 39.2 Å². The van der Waals surface area contributed by atoms with Crippen molar-refractivity contribution in [2.45, 2.75) is 20.3 Å². The Balaban J connectivity index is 2.34. The molecule has 0 saturated heterocycles. The van der Waals surface area contributed by atoms with Crippen LogP contribution in [0.15, 0.2) is 24.5 Å². The Kier molecular flexibility index (Phi) is 4.11. The monoisotopic (exact) mass is 193 g/mol. The summed E-state index contributed by atoms with van der Waals surface area (Å²) >= 11 is 0. The molecule has 1 heterocycles. The van der Waals surface area contributed by atoms with Crippen LogP contribution in [0.3, 0.4) is 0 Å². The highest BCUT2D eigenvalue weighted by atomic mass is 16.5. The Labute approximate surface area is 84.1 Å². The van der Waals surface area contributed by atoms with E-state index in [2.05, 4.69) is 11.9 Å². The van der Waals surface area contributed by atoms with E-state index in [-0.39, 0.29) is 5.97 Å². The van der Waals surface area contributed by atoms with Crippen LogP contribution in [0.1, 0.15) is 19.4 Å². The van der Waals surface area contributed by atoms with Gasteiger partial charge in [0, 0.05) is 19.3 Å². The first-order chi connectivity index (χ1) is 6.68. The molecular formula is C11H15NO2. The van der Waals surface area contributed by atoms with E-state index in [4.69, 9.17) is 4.74 Å². The van der Waals surface area contributed by atoms with Crippen LogP contribution in [-0.2, 0) is 16.0 Å². The maximum absolute atomic E-state index is 10.6. The van der Waals surface area contributed by atoms with Gasteiger partial charge in [0.15, 0.2) is 0 Å². The maximum Gasteiger partial charge on any atom is 0.302 e. The lowest BCUT2D eigenvalue weighted by molar-refractivity contribution is -0.142. The number of carbonyl (C=O) groups is 1. The highest BCUT2D eigenvalue weighted by molar-refractivity contribution is 5.65. The van der Waals surface area contributed by atoms with Gasteiger partial charge in [0.2, 0.25) is 0 Å². The lowest BCUT2D eigenvalue weighted by Gasteiger charge is -2.10. The third-order valence-electron chi connectivity index (χ3n) is 1.88. The van der Waals surface area contributed by atoms with E-state index in [1.807, 2.05) is 18.3 Å². The molecule has 3 heteroatoms. The van der Waals surface area contributed by atoms with Crippen molar-refractivity contribution in [1.29, 1.82) is 0 Å². The van der Waals surface area contributed by atoms with E-state index < -0.39 is 0 Å². The number of aromatic nitrogens is 1. The summed E-state index contributed by atoms with van der Waals surface area (Å²) in [5, 5.41) is 0. The van der Waals surface area contributed by atoms with Gasteiger partial charge in [-0.15, -0.1) is 0 Å². The lowest BCUT2D eigenvalue weighted by atomic mass is 10.0. The predicted molar refractivity (Wildman–Crippen MR) is 53.7 cm³/mol. The quantitative estimate of drug-likeness (QED) is 0.685. The van der Waals surface area contributed by atoms with Crippen LogP contribution in [0.25, 0.3) is 0 Å². The minimum absolute atomic E-state index is 0.219. The van der Waals surface area contributed by atoms with Gasteiger partial charge in [-0.1, -0.05) is 13.0 Å². The van der Waals surface area contributed by atoms with Gasteiger partial charge in [0.05, 0.1) is 6.61 Å². The summed E-state index contributed by atoms with van der Waals surface area (Å²) in [5.74, 6) is 0.117. The lowest BCUT2D eigenvalue weighted by Crippen LogP contribution is -2.11. The van der Waals surface area contributed by atoms with Crippen molar-refractivity contribution in [3.63, 3.8) is 0 Å². The van der Waals surface area contributed by atoms with Gasteiger partial charge >= 0.3 is 5.97 Å². The normalized spacial score (nSPS) is 12.1. The van der Waals surface area contributed by atoms with E-state index in [0.29, 0.717) is 12.5 Å². The Hall–Kier alpha value is -1.38. The fourth-order valence-electron chi connectivity index (χ4n) is 1.24. The third kappa shape index (κ3) is 4.03. The predicted octanol–water partition coefficient (Wildman–Crippen LogP) is 1.82.